The molecule has 1 rings (SSSR count). The Hall–Kier alpha value is -1.58. The molecule has 4 nitrogen and oxygen atoms in total. The molecule has 0 aliphatic heterocycles. The number of H-pyrrole nitrogens is 1. The van der Waals surface area contributed by atoms with Crippen molar-refractivity contribution < 1.29 is 9.90 Å². The van der Waals surface area contributed by atoms with Crippen molar-refractivity contribution in [3.8, 4) is 0 Å². The van der Waals surface area contributed by atoms with Crippen LogP contribution in [0, 0.1) is 5.41 Å². The number of nitrogens with one attached hydrogen (secondary N) is 1. The van der Waals surface area contributed by atoms with Gasteiger partial charge >= 0.3 is 5.97 Å². The lowest BCUT2D eigenvalue weighted by molar-refractivity contribution is 0.0695. The molecule has 4 heteroatoms. The van der Waals surface area contributed by atoms with Crippen LogP contribution < -0.4 is 5.56 Å². The summed E-state index contributed by atoms with van der Waals surface area (Å²) >= 11 is 0. The molecule has 1 aromatic rings. The summed E-state index contributed by atoms with van der Waals surface area (Å²) in [7, 11) is 0. The molecular weight excluding hydrogens is 206 g/mol. The summed E-state index contributed by atoms with van der Waals surface area (Å²) in [4.78, 5) is 24.7. The second-order valence-corrected chi connectivity index (χ2v) is 4.73. The Morgan fingerprint density at radius 3 is 2.50 bits per heavy atom. The Bertz CT molecular complexity index is 446. The third-order valence-electron chi connectivity index (χ3n) is 2.83. The molecule has 0 aliphatic rings. The average Bonchev–Trinajstić information content (AvgIpc) is 2.16. The molecule has 1 heterocycles. The maximum absolute atomic E-state index is 11.4. The van der Waals surface area contributed by atoms with Crippen LogP contribution in [0.15, 0.2) is 16.9 Å². The lowest BCUT2D eigenvalue weighted by atomic mass is 9.85. The van der Waals surface area contributed by atoms with E-state index in [2.05, 4.69) is 25.8 Å². The topological polar surface area (TPSA) is 70.2 Å². The number of aromatic amines is 1. The second-order valence-electron chi connectivity index (χ2n) is 4.73. The van der Waals surface area contributed by atoms with E-state index in [4.69, 9.17) is 5.11 Å². The molecule has 88 valence electrons. The minimum absolute atomic E-state index is 0.105. The van der Waals surface area contributed by atoms with Crippen LogP contribution in [0.1, 0.15) is 43.2 Å². The summed E-state index contributed by atoms with van der Waals surface area (Å²) in [5.41, 5.74) is 0.144. The van der Waals surface area contributed by atoms with Crippen LogP contribution in [-0.4, -0.2) is 16.1 Å². The van der Waals surface area contributed by atoms with Gasteiger partial charge in [0.05, 0.1) is 0 Å². The van der Waals surface area contributed by atoms with Gasteiger partial charge < -0.3 is 10.1 Å². The van der Waals surface area contributed by atoms with E-state index in [1.54, 1.807) is 6.07 Å². The van der Waals surface area contributed by atoms with Crippen LogP contribution in [0.3, 0.4) is 0 Å². The van der Waals surface area contributed by atoms with Gasteiger partial charge in [0, 0.05) is 5.69 Å². The smallest absolute Gasteiger partial charge is 0.341 e. The molecule has 0 saturated heterocycles. The van der Waals surface area contributed by atoms with Crippen LogP contribution in [0.25, 0.3) is 0 Å². The van der Waals surface area contributed by atoms with Gasteiger partial charge in [-0.25, -0.2) is 4.79 Å². The zero-order valence-electron chi connectivity index (χ0n) is 9.83. The van der Waals surface area contributed by atoms with Crippen molar-refractivity contribution in [2.75, 3.05) is 0 Å². The van der Waals surface area contributed by atoms with E-state index in [-0.39, 0.29) is 11.0 Å². The summed E-state index contributed by atoms with van der Waals surface area (Å²) in [6, 6.07) is 3.03. The highest BCUT2D eigenvalue weighted by molar-refractivity contribution is 5.86. The Morgan fingerprint density at radius 2 is 2.06 bits per heavy atom. The van der Waals surface area contributed by atoms with Gasteiger partial charge in [-0.1, -0.05) is 27.2 Å². The molecule has 0 atom stereocenters. The number of hydrogen-bond donors (Lipinski definition) is 2. The zero-order chi connectivity index (χ0) is 12.3. The maximum atomic E-state index is 11.4. The number of aromatic nitrogens is 1. The Kier molecular flexibility index (Phi) is 3.52. The van der Waals surface area contributed by atoms with Gasteiger partial charge in [0.15, 0.2) is 0 Å². The van der Waals surface area contributed by atoms with Gasteiger partial charge in [-0.05, 0) is 24.0 Å². The number of carbonyl (C=O) groups is 1. The molecule has 0 amide bonds. The number of hydrogen-bond acceptors (Lipinski definition) is 2. The Balaban J connectivity index is 2.99. The maximum Gasteiger partial charge on any atom is 0.341 e. The van der Waals surface area contributed by atoms with Crippen molar-refractivity contribution >= 4 is 5.97 Å². The van der Waals surface area contributed by atoms with E-state index in [9.17, 15) is 9.59 Å². The predicted octanol–water partition coefficient (Wildman–Crippen LogP) is 2.05. The monoisotopic (exact) mass is 223 g/mol. The predicted molar refractivity (Wildman–Crippen MR) is 61.8 cm³/mol. The van der Waals surface area contributed by atoms with Crippen LogP contribution in [0.4, 0.5) is 0 Å². The number of pyridine rings is 1. The molecule has 0 bridgehead atoms. The molecule has 16 heavy (non-hydrogen) atoms. The standard InChI is InChI=1S/C12H17NO3/c1-4-12(2,3)7-8-5-6-9(11(15)16)10(14)13-8/h5-6H,4,7H2,1-3H3,(H,13,14)(H,15,16). The third kappa shape index (κ3) is 2.95. The molecule has 0 spiro atoms. The van der Waals surface area contributed by atoms with Gasteiger partial charge in [0.2, 0.25) is 0 Å². The van der Waals surface area contributed by atoms with Crippen LogP contribution in [0.5, 0.6) is 0 Å². The largest absolute Gasteiger partial charge is 0.477 e. The van der Waals surface area contributed by atoms with Gasteiger partial charge in [-0.15, -0.1) is 0 Å². The van der Waals surface area contributed by atoms with Crippen molar-refractivity contribution in [2.24, 2.45) is 5.41 Å². The van der Waals surface area contributed by atoms with Crippen LogP contribution >= 0.6 is 0 Å². The quantitative estimate of drug-likeness (QED) is 0.820. The fraction of sp³-hybridized carbons (Fsp3) is 0.500. The number of carboxylic acids is 1. The SMILES string of the molecule is CCC(C)(C)Cc1ccc(C(=O)O)c(=O)[nH]1. The number of carboxylic acid groups (broad SMARTS) is 1. The van der Waals surface area contributed by atoms with E-state index in [0.29, 0.717) is 0 Å². The third-order valence-corrected chi connectivity index (χ3v) is 2.83. The second kappa shape index (κ2) is 4.51. The van der Waals surface area contributed by atoms with Gasteiger partial charge in [-0.3, -0.25) is 4.79 Å². The summed E-state index contributed by atoms with van der Waals surface area (Å²) < 4.78 is 0. The van der Waals surface area contributed by atoms with Crippen molar-refractivity contribution in [3.05, 3.63) is 33.7 Å². The van der Waals surface area contributed by atoms with Crippen molar-refractivity contribution in [2.45, 2.75) is 33.6 Å². The van der Waals surface area contributed by atoms with Gasteiger partial charge in [0.25, 0.3) is 5.56 Å². The van der Waals surface area contributed by atoms with Crippen molar-refractivity contribution in [1.29, 1.82) is 0 Å². The highest BCUT2D eigenvalue weighted by Crippen LogP contribution is 2.23. The van der Waals surface area contributed by atoms with E-state index in [1.807, 2.05) is 0 Å². The Morgan fingerprint density at radius 1 is 1.44 bits per heavy atom. The number of aromatic carboxylic acids is 1. The Labute approximate surface area is 94.3 Å². The molecule has 0 saturated carbocycles. The molecule has 0 unspecified atom stereocenters. The first kappa shape index (κ1) is 12.5. The molecular formula is C12H17NO3. The minimum atomic E-state index is -1.19. The van der Waals surface area contributed by atoms with E-state index >= 15 is 0 Å². The molecule has 2 N–H and O–H groups in total. The van der Waals surface area contributed by atoms with Crippen LogP contribution in [-0.2, 0) is 6.42 Å². The normalized spacial score (nSPS) is 11.4. The first-order chi connectivity index (χ1) is 7.35. The average molecular weight is 223 g/mol. The minimum Gasteiger partial charge on any atom is -0.477 e. The van der Waals surface area contributed by atoms with Crippen molar-refractivity contribution in [1.82, 2.24) is 4.98 Å². The number of rotatable bonds is 4. The van der Waals surface area contributed by atoms with E-state index in [0.717, 1.165) is 18.5 Å². The van der Waals surface area contributed by atoms with Gasteiger partial charge in [0.1, 0.15) is 5.56 Å². The fourth-order valence-electron chi connectivity index (χ4n) is 1.43. The lowest BCUT2D eigenvalue weighted by Crippen LogP contribution is -2.21. The lowest BCUT2D eigenvalue weighted by Gasteiger charge is -2.22. The highest BCUT2D eigenvalue weighted by Gasteiger charge is 2.17. The van der Waals surface area contributed by atoms with E-state index < -0.39 is 11.5 Å². The summed E-state index contributed by atoms with van der Waals surface area (Å²) in [6.07, 6.45) is 1.73. The van der Waals surface area contributed by atoms with Gasteiger partial charge in [-0.2, -0.15) is 0 Å². The molecule has 0 fully saturated rings. The summed E-state index contributed by atoms with van der Waals surface area (Å²) in [6.45, 7) is 6.30. The molecule has 1 aromatic heterocycles. The van der Waals surface area contributed by atoms with E-state index in [1.165, 1.54) is 6.07 Å². The highest BCUT2D eigenvalue weighted by atomic mass is 16.4. The first-order valence-electron chi connectivity index (χ1n) is 5.31. The molecule has 0 aromatic carbocycles. The molecule has 0 aliphatic carbocycles. The first-order valence-corrected chi connectivity index (χ1v) is 5.31. The fourth-order valence-corrected chi connectivity index (χ4v) is 1.43. The van der Waals surface area contributed by atoms with Crippen molar-refractivity contribution in [3.63, 3.8) is 0 Å². The summed E-state index contributed by atoms with van der Waals surface area (Å²) in [5, 5.41) is 8.72. The van der Waals surface area contributed by atoms with Crippen LogP contribution in [0.2, 0.25) is 0 Å². The zero-order valence-corrected chi connectivity index (χ0v) is 9.83. The summed E-state index contributed by atoms with van der Waals surface area (Å²) in [5.74, 6) is -1.19. The molecule has 0 radical (unpaired) electrons.